The molecule has 1 spiro atoms. The summed E-state index contributed by atoms with van der Waals surface area (Å²) in [6.07, 6.45) is 9.67. The van der Waals surface area contributed by atoms with Crippen LogP contribution >= 0.6 is 0 Å². The van der Waals surface area contributed by atoms with Crippen molar-refractivity contribution in [1.82, 2.24) is 28.8 Å². The van der Waals surface area contributed by atoms with E-state index in [1.54, 1.807) is 40.5 Å². The zero-order valence-electron chi connectivity index (χ0n) is 21.4. The summed E-state index contributed by atoms with van der Waals surface area (Å²) in [6.45, 7) is 7.95. The first-order valence-corrected chi connectivity index (χ1v) is 12.6. The predicted octanol–water partition coefficient (Wildman–Crippen LogP) is 4.66. The molecule has 37 heavy (non-hydrogen) atoms. The van der Waals surface area contributed by atoms with Gasteiger partial charge in [-0.25, -0.2) is 24.1 Å². The molecule has 1 amide bonds. The summed E-state index contributed by atoms with van der Waals surface area (Å²) < 4.78 is 23.6. The third-order valence-electron chi connectivity index (χ3n) is 7.27. The largest absolute Gasteiger partial charge is 0.444 e. The number of carbonyl (C=O) groups is 1. The Morgan fingerprint density at radius 3 is 2.73 bits per heavy atom. The van der Waals surface area contributed by atoms with Gasteiger partial charge in [0, 0.05) is 48.5 Å². The van der Waals surface area contributed by atoms with Gasteiger partial charge in [-0.15, -0.1) is 0 Å². The van der Waals surface area contributed by atoms with E-state index in [0.29, 0.717) is 47.4 Å². The Morgan fingerprint density at radius 2 is 2.00 bits per heavy atom. The van der Waals surface area contributed by atoms with Gasteiger partial charge < -0.3 is 18.6 Å². The third kappa shape index (κ3) is 4.14. The SMILES string of the molecule is Cc1cn2cc(-c3ncc4c(=O)n([C@H]5CCN(C(=O)OC(C)(C)C)C6(CC6)C5)ccc4n3)cc(F)c2n1. The molecule has 6 rings (SSSR count). The molecule has 2 fully saturated rings. The maximum atomic E-state index is 14.6. The molecule has 1 saturated carbocycles. The molecule has 0 N–H and O–H groups in total. The Hall–Kier alpha value is -3.82. The molecule has 0 aromatic carbocycles. The molecule has 192 valence electrons. The van der Waals surface area contributed by atoms with Crippen LogP contribution < -0.4 is 5.56 Å². The number of halogens is 1. The number of imidazole rings is 1. The van der Waals surface area contributed by atoms with Crippen molar-refractivity contribution in [1.29, 1.82) is 0 Å². The van der Waals surface area contributed by atoms with E-state index in [1.807, 2.05) is 25.7 Å². The van der Waals surface area contributed by atoms with Crippen molar-refractivity contribution in [3.8, 4) is 11.4 Å². The molecule has 4 aromatic heterocycles. The Kier molecular flexibility index (Phi) is 5.15. The topological polar surface area (TPSA) is 94.6 Å². The number of likely N-dealkylation sites (tertiary alicyclic amines) is 1. The predicted molar refractivity (Wildman–Crippen MR) is 136 cm³/mol. The minimum Gasteiger partial charge on any atom is -0.444 e. The fraction of sp³-hybridized carbons (Fsp3) is 0.444. The number of hydrogen-bond acceptors (Lipinski definition) is 6. The molecule has 4 aromatic rings. The minimum absolute atomic E-state index is 0.0289. The molecule has 0 bridgehead atoms. The standard InChI is InChI=1S/C27H29FN6O3/c1-16-14-32-15-17(11-20(28)23(32)30-16)22-29-13-19-21(31-22)6-9-33(24(19)35)18-5-10-34(27(12-18)7-8-27)25(36)37-26(2,3)4/h6,9,11,13-15,18H,5,7-8,10,12H2,1-4H3/t18-/m0/s1. The Balaban J connectivity index is 1.28. The lowest BCUT2D eigenvalue weighted by atomic mass is 9.95. The molecular weight excluding hydrogens is 475 g/mol. The van der Waals surface area contributed by atoms with Crippen molar-refractivity contribution in [3.05, 3.63) is 58.8 Å². The van der Waals surface area contributed by atoms with Crippen LogP contribution in [0.3, 0.4) is 0 Å². The minimum atomic E-state index is -0.548. The number of aromatic nitrogens is 5. The number of amides is 1. The number of rotatable bonds is 2. The van der Waals surface area contributed by atoms with Crippen molar-refractivity contribution < 1.29 is 13.9 Å². The van der Waals surface area contributed by atoms with Gasteiger partial charge in [-0.2, -0.15) is 0 Å². The molecule has 9 nitrogen and oxygen atoms in total. The zero-order chi connectivity index (χ0) is 26.1. The molecular formula is C27H29FN6O3. The van der Waals surface area contributed by atoms with E-state index in [2.05, 4.69) is 15.0 Å². The summed E-state index contributed by atoms with van der Waals surface area (Å²) in [6, 6.07) is 3.13. The van der Waals surface area contributed by atoms with Crippen LogP contribution in [0.15, 0.2) is 41.7 Å². The highest BCUT2D eigenvalue weighted by Gasteiger charge is 2.54. The van der Waals surface area contributed by atoms with Gasteiger partial charge in [0.2, 0.25) is 0 Å². The van der Waals surface area contributed by atoms with E-state index in [9.17, 15) is 14.0 Å². The molecule has 10 heteroatoms. The average molecular weight is 505 g/mol. The maximum Gasteiger partial charge on any atom is 0.410 e. The Morgan fingerprint density at radius 1 is 1.22 bits per heavy atom. The van der Waals surface area contributed by atoms with Crippen molar-refractivity contribution in [2.24, 2.45) is 0 Å². The highest BCUT2D eigenvalue weighted by molar-refractivity contribution is 5.78. The van der Waals surface area contributed by atoms with Crippen molar-refractivity contribution in [3.63, 3.8) is 0 Å². The quantitative estimate of drug-likeness (QED) is 0.394. The lowest BCUT2D eigenvalue weighted by molar-refractivity contribution is 0.000497. The normalized spacial score (nSPS) is 19.1. The zero-order valence-corrected chi connectivity index (χ0v) is 21.4. The monoisotopic (exact) mass is 504 g/mol. The summed E-state index contributed by atoms with van der Waals surface area (Å²) in [4.78, 5) is 41.2. The highest BCUT2D eigenvalue weighted by atomic mass is 19.1. The van der Waals surface area contributed by atoms with Crippen LogP contribution in [0.1, 0.15) is 58.2 Å². The van der Waals surface area contributed by atoms with E-state index < -0.39 is 11.4 Å². The fourth-order valence-electron chi connectivity index (χ4n) is 5.40. The van der Waals surface area contributed by atoms with Crippen LogP contribution in [0.2, 0.25) is 0 Å². The first-order valence-electron chi connectivity index (χ1n) is 12.6. The van der Waals surface area contributed by atoms with Crippen molar-refractivity contribution >= 4 is 22.6 Å². The van der Waals surface area contributed by atoms with Gasteiger partial charge in [-0.05, 0) is 65.5 Å². The van der Waals surface area contributed by atoms with E-state index in [1.165, 1.54) is 12.3 Å². The van der Waals surface area contributed by atoms with Crippen LogP contribution in [0.4, 0.5) is 9.18 Å². The van der Waals surface area contributed by atoms with Gasteiger partial charge in [0.05, 0.1) is 16.6 Å². The number of nitrogens with zero attached hydrogens (tertiary/aromatic N) is 6. The van der Waals surface area contributed by atoms with Gasteiger partial charge >= 0.3 is 6.09 Å². The summed E-state index contributed by atoms with van der Waals surface area (Å²) in [5.74, 6) is -0.129. The van der Waals surface area contributed by atoms with Crippen LogP contribution in [0.5, 0.6) is 0 Å². The van der Waals surface area contributed by atoms with E-state index >= 15 is 0 Å². The lowest BCUT2D eigenvalue weighted by Gasteiger charge is -2.41. The van der Waals surface area contributed by atoms with Crippen molar-refractivity contribution in [2.45, 2.75) is 70.6 Å². The number of carbonyl (C=O) groups excluding carboxylic acids is 1. The number of hydrogen-bond donors (Lipinski definition) is 0. The summed E-state index contributed by atoms with van der Waals surface area (Å²) >= 11 is 0. The second-order valence-corrected chi connectivity index (χ2v) is 11.2. The van der Waals surface area contributed by atoms with Gasteiger partial charge in [0.25, 0.3) is 5.56 Å². The lowest BCUT2D eigenvalue weighted by Crippen LogP contribution is -2.50. The molecule has 5 heterocycles. The van der Waals surface area contributed by atoms with Crippen LogP contribution in [-0.4, -0.2) is 52.6 Å². The summed E-state index contributed by atoms with van der Waals surface area (Å²) in [5.41, 5.74) is 1.00. The molecule has 0 unspecified atom stereocenters. The number of pyridine rings is 2. The number of aryl methyl sites for hydroxylation is 1. The van der Waals surface area contributed by atoms with Crippen LogP contribution in [0, 0.1) is 12.7 Å². The van der Waals surface area contributed by atoms with Gasteiger partial charge in [-0.1, -0.05) is 0 Å². The van der Waals surface area contributed by atoms with E-state index in [4.69, 9.17) is 4.74 Å². The summed E-state index contributed by atoms with van der Waals surface area (Å²) in [5, 5.41) is 0.408. The fourth-order valence-corrected chi connectivity index (χ4v) is 5.40. The van der Waals surface area contributed by atoms with E-state index in [-0.39, 0.29) is 28.9 Å². The number of fused-ring (bicyclic) bond motifs is 2. The molecule has 1 atom stereocenters. The highest BCUT2D eigenvalue weighted by Crippen LogP contribution is 2.51. The van der Waals surface area contributed by atoms with Crippen LogP contribution in [-0.2, 0) is 4.74 Å². The summed E-state index contributed by atoms with van der Waals surface area (Å²) in [7, 11) is 0. The average Bonchev–Trinajstić information content (AvgIpc) is 3.47. The molecule has 2 aliphatic rings. The molecule has 1 saturated heterocycles. The van der Waals surface area contributed by atoms with Gasteiger partial charge in [0.1, 0.15) is 5.60 Å². The van der Waals surface area contributed by atoms with Gasteiger partial charge in [0.15, 0.2) is 17.3 Å². The first-order chi connectivity index (χ1) is 17.5. The Bertz CT molecular complexity index is 1610. The number of piperidine rings is 1. The first kappa shape index (κ1) is 23.6. The second kappa shape index (κ2) is 8.09. The number of ether oxygens (including phenoxy) is 1. The van der Waals surface area contributed by atoms with E-state index in [0.717, 1.165) is 12.8 Å². The van der Waals surface area contributed by atoms with Gasteiger partial charge in [-0.3, -0.25) is 4.79 Å². The molecule has 1 aliphatic carbocycles. The second-order valence-electron chi connectivity index (χ2n) is 11.2. The van der Waals surface area contributed by atoms with Crippen molar-refractivity contribution in [2.75, 3.05) is 6.54 Å². The van der Waals surface area contributed by atoms with Crippen LogP contribution in [0.25, 0.3) is 27.9 Å². The molecule has 0 radical (unpaired) electrons. The maximum absolute atomic E-state index is 14.6. The smallest absolute Gasteiger partial charge is 0.410 e. The third-order valence-corrected chi connectivity index (χ3v) is 7.27. The Labute approximate surface area is 212 Å². The molecule has 1 aliphatic heterocycles.